The SMILES string of the molecule is c1ccc(OCCn2c(-c3ccccn3)nnc2N2CCCC2)cc1. The summed E-state index contributed by atoms with van der Waals surface area (Å²) in [5, 5.41) is 8.85. The van der Waals surface area contributed by atoms with Crippen molar-refractivity contribution in [3.63, 3.8) is 0 Å². The molecule has 128 valence electrons. The maximum atomic E-state index is 5.87. The Morgan fingerprint density at radius 3 is 2.48 bits per heavy atom. The number of benzene rings is 1. The highest BCUT2D eigenvalue weighted by Gasteiger charge is 2.22. The minimum absolute atomic E-state index is 0.558. The summed E-state index contributed by atoms with van der Waals surface area (Å²) >= 11 is 0. The summed E-state index contributed by atoms with van der Waals surface area (Å²) in [5.74, 6) is 2.58. The Morgan fingerprint density at radius 2 is 1.72 bits per heavy atom. The quantitative estimate of drug-likeness (QED) is 0.693. The van der Waals surface area contributed by atoms with E-state index < -0.39 is 0 Å². The van der Waals surface area contributed by atoms with Crippen LogP contribution in [0.15, 0.2) is 54.7 Å². The van der Waals surface area contributed by atoms with Crippen molar-refractivity contribution >= 4 is 5.95 Å². The lowest BCUT2D eigenvalue weighted by Crippen LogP contribution is -2.23. The summed E-state index contributed by atoms with van der Waals surface area (Å²) in [6.07, 6.45) is 4.18. The fourth-order valence-electron chi connectivity index (χ4n) is 3.11. The molecule has 0 aliphatic carbocycles. The van der Waals surface area contributed by atoms with Gasteiger partial charge < -0.3 is 9.64 Å². The van der Waals surface area contributed by atoms with Crippen LogP contribution in [0.3, 0.4) is 0 Å². The number of pyridine rings is 1. The highest BCUT2D eigenvalue weighted by Crippen LogP contribution is 2.24. The fraction of sp³-hybridized carbons (Fsp3) is 0.316. The smallest absolute Gasteiger partial charge is 0.227 e. The van der Waals surface area contributed by atoms with Crippen LogP contribution in [0.1, 0.15) is 12.8 Å². The maximum absolute atomic E-state index is 5.87. The van der Waals surface area contributed by atoms with E-state index in [0.29, 0.717) is 13.2 Å². The van der Waals surface area contributed by atoms with Crippen LogP contribution in [0.25, 0.3) is 11.5 Å². The molecule has 0 saturated carbocycles. The molecule has 25 heavy (non-hydrogen) atoms. The van der Waals surface area contributed by atoms with E-state index in [1.165, 1.54) is 12.8 Å². The highest BCUT2D eigenvalue weighted by atomic mass is 16.5. The van der Waals surface area contributed by atoms with Crippen LogP contribution in [-0.4, -0.2) is 39.4 Å². The zero-order valence-electron chi connectivity index (χ0n) is 14.1. The molecule has 0 radical (unpaired) electrons. The Morgan fingerprint density at radius 1 is 0.920 bits per heavy atom. The normalized spacial score (nSPS) is 14.0. The standard InChI is InChI=1S/C19H21N5O/c1-2-8-16(9-3-1)25-15-14-24-18(17-10-4-5-11-20-17)21-22-19(24)23-12-6-7-13-23/h1-5,8-11H,6-7,12-15H2. The number of aromatic nitrogens is 4. The van der Waals surface area contributed by atoms with Gasteiger partial charge in [-0.05, 0) is 37.1 Å². The van der Waals surface area contributed by atoms with Gasteiger partial charge >= 0.3 is 0 Å². The third-order valence-electron chi connectivity index (χ3n) is 4.34. The predicted molar refractivity (Wildman–Crippen MR) is 96.6 cm³/mol. The predicted octanol–water partition coefficient (Wildman–Crippen LogP) is 3.02. The lowest BCUT2D eigenvalue weighted by molar-refractivity contribution is 0.299. The number of ether oxygens (including phenoxy) is 1. The van der Waals surface area contributed by atoms with E-state index in [0.717, 1.165) is 36.3 Å². The first-order chi connectivity index (χ1) is 12.4. The van der Waals surface area contributed by atoms with Gasteiger partial charge in [-0.15, -0.1) is 10.2 Å². The molecule has 0 N–H and O–H groups in total. The van der Waals surface area contributed by atoms with E-state index in [2.05, 4.69) is 24.6 Å². The molecule has 1 saturated heterocycles. The van der Waals surface area contributed by atoms with Crippen LogP contribution in [0.2, 0.25) is 0 Å². The molecule has 0 atom stereocenters. The number of anilines is 1. The Bertz CT molecular complexity index is 797. The van der Waals surface area contributed by atoms with Gasteiger partial charge in [-0.3, -0.25) is 9.55 Å². The van der Waals surface area contributed by atoms with Gasteiger partial charge in [0, 0.05) is 19.3 Å². The van der Waals surface area contributed by atoms with Gasteiger partial charge in [-0.25, -0.2) is 0 Å². The first-order valence-electron chi connectivity index (χ1n) is 8.69. The molecule has 4 rings (SSSR count). The average Bonchev–Trinajstić information content (AvgIpc) is 3.33. The lowest BCUT2D eigenvalue weighted by Gasteiger charge is -2.18. The molecule has 0 amide bonds. The van der Waals surface area contributed by atoms with E-state index in [1.54, 1.807) is 6.20 Å². The molecule has 0 spiro atoms. The Balaban J connectivity index is 1.57. The van der Waals surface area contributed by atoms with E-state index in [9.17, 15) is 0 Å². The van der Waals surface area contributed by atoms with Crippen LogP contribution in [-0.2, 0) is 6.54 Å². The van der Waals surface area contributed by atoms with E-state index in [-0.39, 0.29) is 0 Å². The van der Waals surface area contributed by atoms with Crippen molar-refractivity contribution in [1.82, 2.24) is 19.7 Å². The van der Waals surface area contributed by atoms with Crippen LogP contribution < -0.4 is 9.64 Å². The molecule has 0 unspecified atom stereocenters. The molecule has 0 bridgehead atoms. The molecule has 3 aromatic rings. The maximum Gasteiger partial charge on any atom is 0.227 e. The lowest BCUT2D eigenvalue weighted by atomic mass is 10.3. The molecular formula is C19H21N5O. The van der Waals surface area contributed by atoms with Crippen molar-refractivity contribution in [3.8, 4) is 17.3 Å². The number of para-hydroxylation sites is 1. The molecule has 1 fully saturated rings. The molecule has 3 heterocycles. The van der Waals surface area contributed by atoms with E-state index in [4.69, 9.17) is 4.74 Å². The Labute approximate surface area is 147 Å². The monoisotopic (exact) mass is 335 g/mol. The summed E-state index contributed by atoms with van der Waals surface area (Å²) in [6, 6.07) is 15.7. The molecular weight excluding hydrogens is 314 g/mol. The van der Waals surface area contributed by atoms with Crippen LogP contribution in [0.5, 0.6) is 5.75 Å². The second-order valence-corrected chi connectivity index (χ2v) is 6.05. The van der Waals surface area contributed by atoms with Crippen LogP contribution in [0.4, 0.5) is 5.95 Å². The highest BCUT2D eigenvalue weighted by molar-refractivity contribution is 5.52. The van der Waals surface area contributed by atoms with Crippen molar-refractivity contribution in [1.29, 1.82) is 0 Å². The van der Waals surface area contributed by atoms with Gasteiger partial charge in [0.1, 0.15) is 18.1 Å². The van der Waals surface area contributed by atoms with E-state index in [1.807, 2.05) is 48.5 Å². The van der Waals surface area contributed by atoms with E-state index >= 15 is 0 Å². The van der Waals surface area contributed by atoms with Gasteiger partial charge in [0.15, 0.2) is 5.82 Å². The first-order valence-corrected chi connectivity index (χ1v) is 8.69. The molecule has 2 aromatic heterocycles. The van der Waals surface area contributed by atoms with Crippen molar-refractivity contribution in [2.45, 2.75) is 19.4 Å². The van der Waals surface area contributed by atoms with Crippen molar-refractivity contribution in [2.75, 3.05) is 24.6 Å². The third-order valence-corrected chi connectivity index (χ3v) is 4.34. The second kappa shape index (κ2) is 7.34. The summed E-state index contributed by atoms with van der Waals surface area (Å²) in [5.41, 5.74) is 0.833. The number of hydrogen-bond donors (Lipinski definition) is 0. The van der Waals surface area contributed by atoms with Gasteiger partial charge in [0.2, 0.25) is 5.95 Å². The molecule has 1 aliphatic heterocycles. The minimum Gasteiger partial charge on any atom is -0.492 e. The van der Waals surface area contributed by atoms with Gasteiger partial charge in [-0.1, -0.05) is 24.3 Å². The zero-order chi connectivity index (χ0) is 16.9. The second-order valence-electron chi connectivity index (χ2n) is 6.05. The molecule has 1 aliphatic rings. The van der Waals surface area contributed by atoms with Gasteiger partial charge in [-0.2, -0.15) is 0 Å². The third kappa shape index (κ3) is 3.47. The van der Waals surface area contributed by atoms with Crippen molar-refractivity contribution in [2.24, 2.45) is 0 Å². The summed E-state index contributed by atoms with van der Waals surface area (Å²) in [7, 11) is 0. The number of hydrogen-bond acceptors (Lipinski definition) is 5. The molecule has 1 aromatic carbocycles. The minimum atomic E-state index is 0.558. The fourth-order valence-corrected chi connectivity index (χ4v) is 3.11. The Kier molecular flexibility index (Phi) is 4.59. The van der Waals surface area contributed by atoms with Crippen LogP contribution >= 0.6 is 0 Å². The number of rotatable bonds is 6. The van der Waals surface area contributed by atoms with Gasteiger partial charge in [0.25, 0.3) is 0 Å². The topological polar surface area (TPSA) is 56.1 Å². The molecule has 6 heteroatoms. The zero-order valence-corrected chi connectivity index (χ0v) is 14.1. The first kappa shape index (κ1) is 15.6. The summed E-state index contributed by atoms with van der Waals surface area (Å²) in [6.45, 7) is 3.29. The summed E-state index contributed by atoms with van der Waals surface area (Å²) < 4.78 is 7.99. The number of nitrogens with zero attached hydrogens (tertiary/aromatic N) is 5. The summed E-state index contributed by atoms with van der Waals surface area (Å²) in [4.78, 5) is 6.73. The van der Waals surface area contributed by atoms with Crippen LogP contribution in [0, 0.1) is 0 Å². The van der Waals surface area contributed by atoms with Crippen molar-refractivity contribution < 1.29 is 4.74 Å². The largest absolute Gasteiger partial charge is 0.492 e. The van der Waals surface area contributed by atoms with Crippen molar-refractivity contribution in [3.05, 3.63) is 54.7 Å². The average molecular weight is 335 g/mol. The Hall–Kier alpha value is -2.89. The molecule has 6 nitrogen and oxygen atoms in total. The van der Waals surface area contributed by atoms with Gasteiger partial charge in [0.05, 0.1) is 6.54 Å².